The average Bonchev–Trinajstić information content (AvgIpc) is 2.97. The SMILES string of the molecule is Cc1nn(C(C)C)c(NC2(C(F)(F)F)CC2)c1[N+](=O)[O-]. The Kier molecular flexibility index (Phi) is 3.18. The van der Waals surface area contributed by atoms with Crippen LogP contribution in [-0.2, 0) is 0 Å². The standard InChI is InChI=1S/C11H15F3N4O2/c1-6(2)17-9(8(18(19)20)7(3)16-17)15-10(4-5-10)11(12,13)14/h6,15H,4-5H2,1-3H3. The molecule has 0 aliphatic heterocycles. The molecule has 0 aromatic carbocycles. The molecule has 0 radical (unpaired) electrons. The number of nitrogens with one attached hydrogen (secondary N) is 1. The minimum absolute atomic E-state index is 0.0873. The molecule has 6 nitrogen and oxygen atoms in total. The first kappa shape index (κ1) is 14.6. The Balaban J connectivity index is 2.48. The second kappa shape index (κ2) is 4.35. The number of nitrogens with zero attached hydrogens (tertiary/aromatic N) is 3. The van der Waals surface area contributed by atoms with Crippen LogP contribution in [0.4, 0.5) is 24.7 Å². The molecule has 1 aromatic heterocycles. The minimum Gasteiger partial charge on any atom is -0.351 e. The molecule has 0 amide bonds. The molecule has 112 valence electrons. The molecule has 1 aliphatic rings. The number of halogens is 3. The van der Waals surface area contributed by atoms with Gasteiger partial charge in [0.25, 0.3) is 0 Å². The highest BCUT2D eigenvalue weighted by Crippen LogP contribution is 2.52. The molecule has 0 atom stereocenters. The normalized spacial score (nSPS) is 17.4. The summed E-state index contributed by atoms with van der Waals surface area (Å²) >= 11 is 0. The van der Waals surface area contributed by atoms with Gasteiger partial charge in [0.2, 0.25) is 5.82 Å². The summed E-state index contributed by atoms with van der Waals surface area (Å²) in [7, 11) is 0. The van der Waals surface area contributed by atoms with Gasteiger partial charge in [-0.3, -0.25) is 10.1 Å². The van der Waals surface area contributed by atoms with Crippen LogP contribution in [0.3, 0.4) is 0 Å². The van der Waals surface area contributed by atoms with Gasteiger partial charge in [-0.05, 0) is 33.6 Å². The van der Waals surface area contributed by atoms with Crippen molar-refractivity contribution in [1.29, 1.82) is 0 Å². The highest BCUT2D eigenvalue weighted by Gasteiger charge is 2.64. The molecule has 0 saturated heterocycles. The van der Waals surface area contributed by atoms with E-state index in [2.05, 4.69) is 10.4 Å². The van der Waals surface area contributed by atoms with Crippen molar-refractivity contribution >= 4 is 11.5 Å². The number of hydrogen-bond acceptors (Lipinski definition) is 4. The summed E-state index contributed by atoms with van der Waals surface area (Å²) in [6.45, 7) is 4.82. The maximum atomic E-state index is 13.0. The minimum atomic E-state index is -4.44. The second-order valence-corrected chi connectivity index (χ2v) is 5.28. The maximum absolute atomic E-state index is 13.0. The van der Waals surface area contributed by atoms with Crippen molar-refractivity contribution in [3.63, 3.8) is 0 Å². The van der Waals surface area contributed by atoms with Gasteiger partial charge >= 0.3 is 11.9 Å². The fourth-order valence-corrected chi connectivity index (χ4v) is 2.08. The van der Waals surface area contributed by atoms with Gasteiger partial charge in [-0.1, -0.05) is 0 Å². The lowest BCUT2D eigenvalue weighted by Gasteiger charge is -2.22. The Morgan fingerprint density at radius 1 is 1.45 bits per heavy atom. The van der Waals surface area contributed by atoms with E-state index in [9.17, 15) is 23.3 Å². The van der Waals surface area contributed by atoms with Crippen LogP contribution in [-0.4, -0.2) is 26.4 Å². The van der Waals surface area contributed by atoms with Crippen molar-refractivity contribution in [2.75, 3.05) is 5.32 Å². The summed E-state index contributed by atoms with van der Waals surface area (Å²) in [6, 6.07) is -0.283. The molecule has 1 heterocycles. The molecule has 1 aromatic rings. The third-order valence-electron chi connectivity index (χ3n) is 3.38. The summed E-state index contributed by atoms with van der Waals surface area (Å²) in [5.74, 6) is -0.169. The molecule has 2 rings (SSSR count). The molecule has 1 saturated carbocycles. The van der Waals surface area contributed by atoms with E-state index < -0.39 is 22.3 Å². The zero-order valence-corrected chi connectivity index (χ0v) is 11.3. The van der Waals surface area contributed by atoms with E-state index in [1.54, 1.807) is 13.8 Å². The van der Waals surface area contributed by atoms with Crippen molar-refractivity contribution in [3.8, 4) is 0 Å². The predicted octanol–water partition coefficient (Wildman–Crippen LogP) is 3.19. The molecular formula is C11H15F3N4O2. The van der Waals surface area contributed by atoms with Crippen LogP contribution in [0.1, 0.15) is 38.4 Å². The summed E-state index contributed by atoms with van der Waals surface area (Å²) in [5, 5.41) is 17.4. The molecule has 20 heavy (non-hydrogen) atoms. The Morgan fingerprint density at radius 3 is 2.35 bits per heavy atom. The monoisotopic (exact) mass is 292 g/mol. The lowest BCUT2D eigenvalue weighted by atomic mass is 10.2. The van der Waals surface area contributed by atoms with E-state index in [0.717, 1.165) is 0 Å². The summed E-state index contributed by atoms with van der Waals surface area (Å²) in [6.07, 6.45) is -4.62. The highest BCUT2D eigenvalue weighted by atomic mass is 19.4. The first-order chi connectivity index (χ1) is 9.09. The molecule has 0 spiro atoms. The first-order valence-electron chi connectivity index (χ1n) is 6.17. The third-order valence-corrected chi connectivity index (χ3v) is 3.38. The molecule has 1 aliphatic carbocycles. The zero-order valence-electron chi connectivity index (χ0n) is 11.3. The molecule has 1 N–H and O–H groups in total. The van der Waals surface area contributed by atoms with Crippen molar-refractivity contribution in [2.24, 2.45) is 0 Å². The van der Waals surface area contributed by atoms with Gasteiger partial charge < -0.3 is 5.32 Å². The largest absolute Gasteiger partial charge is 0.411 e. The van der Waals surface area contributed by atoms with Gasteiger partial charge in [0.1, 0.15) is 11.2 Å². The number of nitro groups is 1. The van der Waals surface area contributed by atoms with Crippen molar-refractivity contribution in [2.45, 2.75) is 51.4 Å². The van der Waals surface area contributed by atoms with Gasteiger partial charge in [-0.15, -0.1) is 0 Å². The van der Waals surface area contributed by atoms with Crippen LogP contribution >= 0.6 is 0 Å². The van der Waals surface area contributed by atoms with Gasteiger partial charge in [0.05, 0.1) is 4.92 Å². The lowest BCUT2D eigenvalue weighted by Crippen LogP contribution is -2.39. The predicted molar refractivity (Wildman–Crippen MR) is 65.6 cm³/mol. The number of aromatic nitrogens is 2. The first-order valence-corrected chi connectivity index (χ1v) is 6.17. The molecule has 0 unspecified atom stereocenters. The van der Waals surface area contributed by atoms with E-state index in [0.29, 0.717) is 0 Å². The summed E-state index contributed by atoms with van der Waals surface area (Å²) < 4.78 is 40.2. The zero-order chi connectivity index (χ0) is 15.3. The summed E-state index contributed by atoms with van der Waals surface area (Å²) in [5.41, 5.74) is -2.35. The van der Waals surface area contributed by atoms with E-state index in [1.807, 2.05) is 0 Å². The third kappa shape index (κ3) is 2.20. The fraction of sp³-hybridized carbons (Fsp3) is 0.727. The Labute approximate surface area is 113 Å². The van der Waals surface area contributed by atoms with Gasteiger partial charge in [-0.2, -0.15) is 18.3 Å². The number of alkyl halides is 3. The van der Waals surface area contributed by atoms with E-state index in [-0.39, 0.29) is 30.4 Å². The van der Waals surface area contributed by atoms with Crippen LogP contribution in [0.2, 0.25) is 0 Å². The van der Waals surface area contributed by atoms with Crippen LogP contribution in [0, 0.1) is 17.0 Å². The van der Waals surface area contributed by atoms with Gasteiger partial charge in [0.15, 0.2) is 0 Å². The van der Waals surface area contributed by atoms with Crippen LogP contribution in [0.15, 0.2) is 0 Å². The molecule has 0 bridgehead atoms. The van der Waals surface area contributed by atoms with Crippen LogP contribution in [0.25, 0.3) is 0 Å². The van der Waals surface area contributed by atoms with Crippen LogP contribution in [0.5, 0.6) is 0 Å². The number of hydrogen-bond donors (Lipinski definition) is 1. The molecule has 9 heteroatoms. The van der Waals surface area contributed by atoms with Crippen molar-refractivity contribution < 1.29 is 18.1 Å². The molecule has 1 fully saturated rings. The van der Waals surface area contributed by atoms with Crippen LogP contribution < -0.4 is 5.32 Å². The Hall–Kier alpha value is -1.80. The lowest BCUT2D eigenvalue weighted by molar-refractivity contribution is -0.384. The van der Waals surface area contributed by atoms with Gasteiger partial charge in [-0.25, -0.2) is 4.68 Å². The number of rotatable bonds is 4. The van der Waals surface area contributed by atoms with Crippen molar-refractivity contribution in [1.82, 2.24) is 9.78 Å². The fourth-order valence-electron chi connectivity index (χ4n) is 2.08. The smallest absolute Gasteiger partial charge is 0.351 e. The highest BCUT2D eigenvalue weighted by molar-refractivity contribution is 5.62. The van der Waals surface area contributed by atoms with Gasteiger partial charge in [0, 0.05) is 6.04 Å². The molecular weight excluding hydrogens is 277 g/mol. The maximum Gasteiger partial charge on any atom is 0.411 e. The Morgan fingerprint density at radius 2 is 2.00 bits per heavy atom. The summed E-state index contributed by atoms with van der Waals surface area (Å²) in [4.78, 5) is 10.4. The van der Waals surface area contributed by atoms with Crippen molar-refractivity contribution in [3.05, 3.63) is 15.8 Å². The van der Waals surface area contributed by atoms with E-state index in [4.69, 9.17) is 0 Å². The average molecular weight is 292 g/mol. The quantitative estimate of drug-likeness (QED) is 0.683. The van der Waals surface area contributed by atoms with E-state index in [1.165, 1.54) is 11.6 Å². The number of anilines is 1. The Bertz CT molecular complexity index is 547. The number of aryl methyl sites for hydroxylation is 1. The second-order valence-electron chi connectivity index (χ2n) is 5.28. The topological polar surface area (TPSA) is 73.0 Å². The van der Waals surface area contributed by atoms with E-state index >= 15 is 0 Å².